The Bertz CT molecular complexity index is 526. The van der Waals surface area contributed by atoms with Crippen LogP contribution in [0.1, 0.15) is 29.2 Å². The van der Waals surface area contributed by atoms with Crippen LogP contribution < -0.4 is 4.74 Å². The second-order valence-corrected chi connectivity index (χ2v) is 4.63. The molecule has 1 unspecified atom stereocenters. The Kier molecular flexibility index (Phi) is 4.53. The second-order valence-electron chi connectivity index (χ2n) is 4.63. The first-order chi connectivity index (χ1) is 9.20. The van der Waals surface area contributed by atoms with Crippen molar-refractivity contribution in [1.29, 1.82) is 0 Å². The quantitative estimate of drug-likeness (QED) is 0.895. The van der Waals surface area contributed by atoms with Crippen LogP contribution in [0.4, 0.5) is 0 Å². The molecule has 1 heterocycles. The van der Waals surface area contributed by atoms with Crippen molar-refractivity contribution in [3.63, 3.8) is 0 Å². The summed E-state index contributed by atoms with van der Waals surface area (Å²) in [5, 5.41) is 10.3. The van der Waals surface area contributed by atoms with Crippen LogP contribution in [0.5, 0.6) is 5.75 Å². The van der Waals surface area contributed by atoms with Crippen molar-refractivity contribution in [2.24, 2.45) is 0 Å². The van der Waals surface area contributed by atoms with E-state index in [1.54, 1.807) is 19.5 Å². The van der Waals surface area contributed by atoms with Crippen LogP contribution in [0.2, 0.25) is 0 Å². The lowest BCUT2D eigenvalue weighted by Gasteiger charge is -2.14. The van der Waals surface area contributed by atoms with Gasteiger partial charge in [0, 0.05) is 12.4 Å². The minimum atomic E-state index is -0.445. The SMILES string of the molecule is COc1ccc(C(O)CCc2ccncc2)c(C)c1. The van der Waals surface area contributed by atoms with Gasteiger partial charge in [-0.05, 0) is 60.7 Å². The highest BCUT2D eigenvalue weighted by atomic mass is 16.5. The third-order valence-electron chi connectivity index (χ3n) is 3.29. The number of ether oxygens (including phenoxy) is 1. The molecule has 0 aliphatic heterocycles. The molecule has 0 saturated heterocycles. The summed E-state index contributed by atoms with van der Waals surface area (Å²) < 4.78 is 5.17. The smallest absolute Gasteiger partial charge is 0.119 e. The molecule has 1 atom stereocenters. The number of hydrogen-bond acceptors (Lipinski definition) is 3. The number of aryl methyl sites for hydroxylation is 2. The van der Waals surface area contributed by atoms with Crippen LogP contribution in [-0.4, -0.2) is 17.2 Å². The van der Waals surface area contributed by atoms with Gasteiger partial charge in [0.05, 0.1) is 13.2 Å². The molecule has 0 saturated carbocycles. The van der Waals surface area contributed by atoms with Crippen LogP contribution in [-0.2, 0) is 6.42 Å². The van der Waals surface area contributed by atoms with Crippen LogP contribution >= 0.6 is 0 Å². The molecule has 1 aromatic carbocycles. The molecule has 1 aromatic heterocycles. The van der Waals surface area contributed by atoms with Crippen molar-refractivity contribution in [2.75, 3.05) is 7.11 Å². The Hall–Kier alpha value is -1.87. The second kappa shape index (κ2) is 6.34. The number of aliphatic hydroxyl groups is 1. The minimum absolute atomic E-state index is 0.445. The number of aromatic nitrogens is 1. The Balaban J connectivity index is 2.02. The Morgan fingerprint density at radius 1 is 1.21 bits per heavy atom. The summed E-state index contributed by atoms with van der Waals surface area (Å²) in [5.74, 6) is 0.822. The van der Waals surface area contributed by atoms with E-state index in [2.05, 4.69) is 4.98 Å². The Morgan fingerprint density at radius 3 is 2.58 bits per heavy atom. The zero-order valence-corrected chi connectivity index (χ0v) is 11.3. The predicted molar refractivity (Wildman–Crippen MR) is 75.2 cm³/mol. The number of pyridine rings is 1. The first-order valence-corrected chi connectivity index (χ1v) is 6.42. The van der Waals surface area contributed by atoms with E-state index in [0.717, 1.165) is 23.3 Å². The number of rotatable bonds is 5. The van der Waals surface area contributed by atoms with Crippen molar-refractivity contribution in [3.05, 3.63) is 59.4 Å². The fraction of sp³-hybridized carbons (Fsp3) is 0.312. The van der Waals surface area contributed by atoms with Crippen LogP contribution in [0.25, 0.3) is 0 Å². The summed E-state index contributed by atoms with van der Waals surface area (Å²) in [5.41, 5.74) is 3.22. The average Bonchev–Trinajstić information content (AvgIpc) is 2.45. The van der Waals surface area contributed by atoms with Gasteiger partial charge in [-0.1, -0.05) is 6.07 Å². The molecule has 0 aliphatic carbocycles. The zero-order chi connectivity index (χ0) is 13.7. The highest BCUT2D eigenvalue weighted by Gasteiger charge is 2.11. The monoisotopic (exact) mass is 257 g/mol. The van der Waals surface area contributed by atoms with Crippen molar-refractivity contribution in [3.8, 4) is 5.75 Å². The maximum Gasteiger partial charge on any atom is 0.119 e. The molecule has 0 aliphatic rings. The predicted octanol–water partition coefficient (Wildman–Crippen LogP) is 3.06. The van der Waals surface area contributed by atoms with E-state index in [9.17, 15) is 5.11 Å². The molecule has 0 radical (unpaired) electrons. The van der Waals surface area contributed by atoms with E-state index < -0.39 is 6.10 Å². The molecular formula is C16H19NO2. The maximum absolute atomic E-state index is 10.3. The fourth-order valence-electron chi connectivity index (χ4n) is 2.16. The number of hydrogen-bond donors (Lipinski definition) is 1. The summed E-state index contributed by atoms with van der Waals surface area (Å²) in [4.78, 5) is 3.99. The summed E-state index contributed by atoms with van der Waals surface area (Å²) in [7, 11) is 1.65. The molecule has 3 heteroatoms. The van der Waals surface area contributed by atoms with Gasteiger partial charge in [-0.15, -0.1) is 0 Å². The molecular weight excluding hydrogens is 238 g/mol. The maximum atomic E-state index is 10.3. The molecule has 19 heavy (non-hydrogen) atoms. The molecule has 2 aromatic rings. The van der Waals surface area contributed by atoms with Gasteiger partial charge in [-0.3, -0.25) is 4.98 Å². The fourth-order valence-corrected chi connectivity index (χ4v) is 2.16. The van der Waals surface area contributed by atoms with Crippen molar-refractivity contribution < 1.29 is 9.84 Å². The summed E-state index contributed by atoms with van der Waals surface area (Å²) in [6.45, 7) is 1.99. The van der Waals surface area contributed by atoms with E-state index >= 15 is 0 Å². The van der Waals surface area contributed by atoms with Crippen molar-refractivity contribution in [2.45, 2.75) is 25.9 Å². The zero-order valence-electron chi connectivity index (χ0n) is 11.3. The lowest BCUT2D eigenvalue weighted by atomic mass is 9.98. The van der Waals surface area contributed by atoms with E-state index in [4.69, 9.17) is 4.74 Å². The molecule has 3 nitrogen and oxygen atoms in total. The Labute approximate surface area is 113 Å². The highest BCUT2D eigenvalue weighted by molar-refractivity contribution is 5.36. The highest BCUT2D eigenvalue weighted by Crippen LogP contribution is 2.25. The van der Waals surface area contributed by atoms with Gasteiger partial charge < -0.3 is 9.84 Å². The summed E-state index contributed by atoms with van der Waals surface area (Å²) in [6, 6.07) is 9.73. The van der Waals surface area contributed by atoms with Gasteiger partial charge in [0.1, 0.15) is 5.75 Å². The van der Waals surface area contributed by atoms with Gasteiger partial charge in [0.2, 0.25) is 0 Å². The minimum Gasteiger partial charge on any atom is -0.497 e. The number of aliphatic hydroxyl groups excluding tert-OH is 1. The lowest BCUT2D eigenvalue weighted by Crippen LogP contribution is -2.02. The van der Waals surface area contributed by atoms with Crippen LogP contribution in [0.15, 0.2) is 42.7 Å². The van der Waals surface area contributed by atoms with Gasteiger partial charge in [0.15, 0.2) is 0 Å². The third-order valence-corrected chi connectivity index (χ3v) is 3.29. The van der Waals surface area contributed by atoms with Crippen molar-refractivity contribution in [1.82, 2.24) is 4.98 Å². The van der Waals surface area contributed by atoms with Gasteiger partial charge in [-0.25, -0.2) is 0 Å². The number of methoxy groups -OCH3 is 1. The third kappa shape index (κ3) is 3.55. The molecule has 0 spiro atoms. The normalized spacial score (nSPS) is 12.2. The molecule has 100 valence electrons. The van der Waals surface area contributed by atoms with E-state index in [1.807, 2.05) is 37.3 Å². The van der Waals surface area contributed by atoms with E-state index in [-0.39, 0.29) is 0 Å². The van der Waals surface area contributed by atoms with Crippen molar-refractivity contribution >= 4 is 0 Å². The Morgan fingerprint density at radius 2 is 1.95 bits per heavy atom. The molecule has 0 bridgehead atoms. The van der Waals surface area contributed by atoms with Gasteiger partial charge in [-0.2, -0.15) is 0 Å². The van der Waals surface area contributed by atoms with Gasteiger partial charge in [0.25, 0.3) is 0 Å². The van der Waals surface area contributed by atoms with E-state index in [0.29, 0.717) is 6.42 Å². The number of nitrogens with zero attached hydrogens (tertiary/aromatic N) is 1. The van der Waals surface area contributed by atoms with E-state index in [1.165, 1.54) is 5.56 Å². The molecule has 0 fully saturated rings. The molecule has 0 amide bonds. The topological polar surface area (TPSA) is 42.4 Å². The first kappa shape index (κ1) is 13.6. The average molecular weight is 257 g/mol. The van der Waals surface area contributed by atoms with Gasteiger partial charge >= 0.3 is 0 Å². The summed E-state index contributed by atoms with van der Waals surface area (Å²) in [6.07, 6.45) is 4.66. The lowest BCUT2D eigenvalue weighted by molar-refractivity contribution is 0.167. The number of benzene rings is 1. The van der Waals surface area contributed by atoms with Crippen LogP contribution in [0, 0.1) is 6.92 Å². The first-order valence-electron chi connectivity index (χ1n) is 6.42. The summed E-state index contributed by atoms with van der Waals surface area (Å²) >= 11 is 0. The van der Waals surface area contributed by atoms with Crippen LogP contribution in [0.3, 0.4) is 0 Å². The largest absolute Gasteiger partial charge is 0.497 e. The molecule has 1 N–H and O–H groups in total. The standard InChI is InChI=1S/C16H19NO2/c1-12-11-14(19-2)4-5-15(12)16(18)6-3-13-7-9-17-10-8-13/h4-5,7-11,16,18H,3,6H2,1-2H3. The molecule has 2 rings (SSSR count).